The van der Waals surface area contributed by atoms with Crippen LogP contribution in [0.25, 0.3) is 0 Å². The summed E-state index contributed by atoms with van der Waals surface area (Å²) in [5.41, 5.74) is 5.48. The molecule has 1 heterocycles. The van der Waals surface area contributed by atoms with Gasteiger partial charge in [-0.1, -0.05) is 0 Å². The van der Waals surface area contributed by atoms with Crippen molar-refractivity contribution in [1.82, 2.24) is 0 Å². The lowest BCUT2D eigenvalue weighted by Crippen LogP contribution is -2.04. The Hall–Kier alpha value is 0.110. The van der Waals surface area contributed by atoms with Gasteiger partial charge in [-0.25, -0.2) is 0 Å². The number of rotatable bonds is 1. The van der Waals surface area contributed by atoms with Gasteiger partial charge in [0.1, 0.15) is 6.04 Å². The Kier molecular flexibility index (Phi) is 3.07. The fourth-order valence-corrected chi connectivity index (χ4v) is 2.62. The van der Waals surface area contributed by atoms with E-state index in [9.17, 15) is 0 Å². The van der Waals surface area contributed by atoms with Crippen LogP contribution in [0.1, 0.15) is 10.9 Å². The van der Waals surface area contributed by atoms with Crippen LogP contribution in [-0.2, 0) is 0 Å². The van der Waals surface area contributed by atoms with Crippen LogP contribution in [-0.4, -0.2) is 0 Å². The lowest BCUT2D eigenvalue weighted by atomic mass is 10.3. The molecule has 0 unspecified atom stereocenters. The molecular weight excluding hydrogens is 292 g/mol. The molecule has 0 saturated carbocycles. The minimum absolute atomic E-state index is 0.511. The SMILES string of the molecule is N#C[C@H](N)c1cc(Br)c(Br)s1. The van der Waals surface area contributed by atoms with Crippen LogP contribution in [0.4, 0.5) is 0 Å². The lowest BCUT2D eigenvalue weighted by Gasteiger charge is -1.93. The Morgan fingerprint density at radius 1 is 1.64 bits per heavy atom. The van der Waals surface area contributed by atoms with E-state index in [1.807, 2.05) is 12.1 Å². The summed E-state index contributed by atoms with van der Waals surface area (Å²) in [6, 6.07) is 3.31. The molecule has 11 heavy (non-hydrogen) atoms. The molecule has 0 amide bonds. The van der Waals surface area contributed by atoms with Gasteiger partial charge in [0.2, 0.25) is 0 Å². The summed E-state index contributed by atoms with van der Waals surface area (Å²) in [5.74, 6) is 0. The summed E-state index contributed by atoms with van der Waals surface area (Å²) in [4.78, 5) is 0.867. The van der Waals surface area contributed by atoms with E-state index >= 15 is 0 Å². The molecule has 0 radical (unpaired) electrons. The predicted molar refractivity (Wildman–Crippen MR) is 52.3 cm³/mol. The molecule has 58 valence electrons. The predicted octanol–water partition coefficient (Wildman–Crippen LogP) is 2.80. The number of thiophene rings is 1. The van der Waals surface area contributed by atoms with Crippen LogP contribution in [0.5, 0.6) is 0 Å². The zero-order chi connectivity index (χ0) is 8.43. The maximum atomic E-state index is 8.49. The summed E-state index contributed by atoms with van der Waals surface area (Å²) in [5, 5.41) is 8.49. The molecule has 1 aromatic heterocycles. The number of nitriles is 1. The minimum Gasteiger partial charge on any atom is -0.312 e. The van der Waals surface area contributed by atoms with E-state index in [4.69, 9.17) is 11.0 Å². The van der Waals surface area contributed by atoms with Gasteiger partial charge in [0.25, 0.3) is 0 Å². The van der Waals surface area contributed by atoms with Crippen molar-refractivity contribution in [3.05, 3.63) is 19.2 Å². The highest BCUT2D eigenvalue weighted by molar-refractivity contribution is 9.13. The number of hydrogen-bond acceptors (Lipinski definition) is 3. The molecule has 0 aromatic carbocycles. The first kappa shape index (κ1) is 9.20. The van der Waals surface area contributed by atoms with E-state index < -0.39 is 6.04 Å². The average Bonchev–Trinajstić information content (AvgIpc) is 2.31. The summed E-state index contributed by atoms with van der Waals surface area (Å²) >= 11 is 8.10. The van der Waals surface area contributed by atoms with Crippen LogP contribution >= 0.6 is 43.2 Å². The van der Waals surface area contributed by atoms with Crippen molar-refractivity contribution in [2.75, 3.05) is 0 Å². The normalized spacial score (nSPS) is 12.5. The van der Waals surface area contributed by atoms with Crippen molar-refractivity contribution in [3.8, 4) is 6.07 Å². The van der Waals surface area contributed by atoms with Crippen molar-refractivity contribution in [2.45, 2.75) is 6.04 Å². The van der Waals surface area contributed by atoms with Gasteiger partial charge in [0, 0.05) is 9.35 Å². The van der Waals surface area contributed by atoms with Gasteiger partial charge in [-0.3, -0.25) is 0 Å². The largest absolute Gasteiger partial charge is 0.312 e. The van der Waals surface area contributed by atoms with Crippen LogP contribution in [0, 0.1) is 11.3 Å². The molecule has 0 aliphatic carbocycles. The minimum atomic E-state index is -0.511. The fraction of sp³-hybridized carbons (Fsp3) is 0.167. The molecule has 2 N–H and O–H groups in total. The Morgan fingerprint density at radius 2 is 2.27 bits per heavy atom. The first-order valence-electron chi connectivity index (χ1n) is 2.75. The van der Waals surface area contributed by atoms with Gasteiger partial charge >= 0.3 is 0 Å². The summed E-state index contributed by atoms with van der Waals surface area (Å²) in [7, 11) is 0. The van der Waals surface area contributed by atoms with E-state index in [0.717, 1.165) is 13.1 Å². The van der Waals surface area contributed by atoms with Gasteiger partial charge in [0.15, 0.2) is 0 Å². The molecule has 0 aliphatic heterocycles. The van der Waals surface area contributed by atoms with E-state index in [1.54, 1.807) is 0 Å². The molecule has 0 fully saturated rings. The van der Waals surface area contributed by atoms with E-state index in [1.165, 1.54) is 11.3 Å². The monoisotopic (exact) mass is 294 g/mol. The highest BCUT2D eigenvalue weighted by Gasteiger charge is 2.09. The Labute approximate surface area is 85.3 Å². The fourth-order valence-electron chi connectivity index (χ4n) is 0.580. The third kappa shape index (κ3) is 2.03. The summed E-state index contributed by atoms with van der Waals surface area (Å²) in [6.45, 7) is 0. The smallest absolute Gasteiger partial charge is 0.128 e. The van der Waals surface area contributed by atoms with Crippen LogP contribution in [0.2, 0.25) is 0 Å². The van der Waals surface area contributed by atoms with Gasteiger partial charge in [0.05, 0.1) is 9.86 Å². The van der Waals surface area contributed by atoms with Crippen molar-refractivity contribution >= 4 is 43.2 Å². The topological polar surface area (TPSA) is 49.8 Å². The molecule has 0 spiro atoms. The quantitative estimate of drug-likeness (QED) is 0.866. The van der Waals surface area contributed by atoms with Gasteiger partial charge in [-0.05, 0) is 37.9 Å². The van der Waals surface area contributed by atoms with Crippen molar-refractivity contribution in [3.63, 3.8) is 0 Å². The Bertz CT molecular complexity index is 283. The van der Waals surface area contributed by atoms with E-state index in [-0.39, 0.29) is 0 Å². The van der Waals surface area contributed by atoms with Gasteiger partial charge in [-0.2, -0.15) is 5.26 Å². The molecular formula is C6H4Br2N2S. The van der Waals surface area contributed by atoms with E-state index in [2.05, 4.69) is 31.9 Å². The zero-order valence-electron chi connectivity index (χ0n) is 5.34. The Morgan fingerprint density at radius 3 is 2.64 bits per heavy atom. The maximum absolute atomic E-state index is 8.49. The standard InChI is InChI=1S/C6H4Br2N2S/c7-3-1-5(4(10)2-9)11-6(3)8/h1,4H,10H2/t4-/m0/s1. The molecule has 0 saturated heterocycles. The lowest BCUT2D eigenvalue weighted by molar-refractivity contribution is 0.951. The molecule has 1 atom stereocenters. The van der Waals surface area contributed by atoms with Gasteiger partial charge < -0.3 is 5.73 Å². The van der Waals surface area contributed by atoms with Crippen LogP contribution in [0.15, 0.2) is 14.3 Å². The van der Waals surface area contributed by atoms with Crippen molar-refractivity contribution in [1.29, 1.82) is 5.26 Å². The summed E-state index contributed by atoms with van der Waals surface area (Å²) < 4.78 is 1.92. The number of nitrogens with zero attached hydrogens (tertiary/aromatic N) is 1. The van der Waals surface area contributed by atoms with E-state index in [0.29, 0.717) is 0 Å². The summed E-state index contributed by atoms with van der Waals surface area (Å²) in [6.07, 6.45) is 0. The van der Waals surface area contributed by atoms with Crippen LogP contribution in [0.3, 0.4) is 0 Å². The molecule has 2 nitrogen and oxygen atoms in total. The molecule has 1 rings (SSSR count). The molecule has 5 heteroatoms. The highest BCUT2D eigenvalue weighted by atomic mass is 79.9. The second-order valence-electron chi connectivity index (χ2n) is 1.88. The average molecular weight is 296 g/mol. The number of halogens is 2. The zero-order valence-corrected chi connectivity index (χ0v) is 9.33. The van der Waals surface area contributed by atoms with Crippen molar-refractivity contribution in [2.24, 2.45) is 5.73 Å². The molecule has 1 aromatic rings. The molecule has 0 aliphatic rings. The van der Waals surface area contributed by atoms with Gasteiger partial charge in [-0.15, -0.1) is 11.3 Å². The molecule has 0 bridgehead atoms. The first-order valence-corrected chi connectivity index (χ1v) is 5.15. The second-order valence-corrected chi connectivity index (χ2v) is 5.13. The Balaban J connectivity index is 2.99. The highest BCUT2D eigenvalue weighted by Crippen LogP contribution is 2.34. The number of nitrogens with two attached hydrogens (primary N) is 1. The second kappa shape index (κ2) is 3.68. The maximum Gasteiger partial charge on any atom is 0.128 e. The van der Waals surface area contributed by atoms with Crippen molar-refractivity contribution < 1.29 is 0 Å². The first-order chi connectivity index (χ1) is 5.15. The van der Waals surface area contributed by atoms with Crippen LogP contribution < -0.4 is 5.73 Å². The number of hydrogen-bond donors (Lipinski definition) is 1. The third-order valence-electron chi connectivity index (χ3n) is 1.11. The third-order valence-corrected chi connectivity index (χ3v) is 4.45.